The molecule has 6 nitrogen and oxygen atoms in total. The summed E-state index contributed by atoms with van der Waals surface area (Å²) in [6.07, 6.45) is 1.66. The van der Waals surface area contributed by atoms with Gasteiger partial charge in [-0.3, -0.25) is 4.68 Å². The minimum atomic E-state index is -1.03. The second-order valence-corrected chi connectivity index (χ2v) is 4.78. The lowest BCUT2D eigenvalue weighted by Crippen LogP contribution is -2.09. The van der Waals surface area contributed by atoms with Crippen molar-refractivity contribution in [3.8, 4) is 0 Å². The monoisotopic (exact) mass is 274 g/mol. The number of anilines is 2. The van der Waals surface area contributed by atoms with Crippen molar-refractivity contribution in [2.75, 3.05) is 24.3 Å². The molecule has 1 heterocycles. The molecule has 2 rings (SSSR count). The Morgan fingerprint density at radius 3 is 2.55 bits per heavy atom. The van der Waals surface area contributed by atoms with Crippen LogP contribution in [-0.4, -0.2) is 35.0 Å². The van der Waals surface area contributed by atoms with E-state index in [4.69, 9.17) is 5.11 Å². The van der Waals surface area contributed by atoms with Crippen LogP contribution in [0.3, 0.4) is 0 Å². The smallest absolute Gasteiger partial charge is 0.358 e. The van der Waals surface area contributed by atoms with Gasteiger partial charge in [0.1, 0.15) is 0 Å². The molecule has 0 spiro atoms. The predicted octanol–water partition coefficient (Wildman–Crippen LogP) is 1.80. The fraction of sp³-hybridized carbons (Fsp3) is 0.286. The third kappa shape index (κ3) is 3.09. The minimum Gasteiger partial charge on any atom is -0.476 e. The van der Waals surface area contributed by atoms with Crippen molar-refractivity contribution < 1.29 is 9.90 Å². The zero-order valence-electron chi connectivity index (χ0n) is 11.8. The second-order valence-electron chi connectivity index (χ2n) is 4.78. The van der Waals surface area contributed by atoms with Crippen molar-refractivity contribution in [2.24, 2.45) is 7.05 Å². The highest BCUT2D eigenvalue weighted by molar-refractivity contribution is 5.91. The van der Waals surface area contributed by atoms with E-state index in [0.29, 0.717) is 12.2 Å². The summed E-state index contributed by atoms with van der Waals surface area (Å²) in [5.74, 6) is -1.03. The molecule has 0 bridgehead atoms. The Labute approximate surface area is 117 Å². The number of hydrogen-bond acceptors (Lipinski definition) is 4. The summed E-state index contributed by atoms with van der Waals surface area (Å²) in [6.45, 7) is 0.555. The lowest BCUT2D eigenvalue weighted by molar-refractivity contribution is 0.0690. The number of nitrogens with zero attached hydrogens (tertiary/aromatic N) is 3. The summed E-state index contributed by atoms with van der Waals surface area (Å²) in [4.78, 5) is 13.1. The van der Waals surface area contributed by atoms with Gasteiger partial charge in [-0.1, -0.05) is 12.1 Å². The van der Waals surface area contributed by atoms with Gasteiger partial charge in [-0.25, -0.2) is 4.79 Å². The second kappa shape index (κ2) is 5.64. The van der Waals surface area contributed by atoms with Crippen LogP contribution in [0, 0.1) is 0 Å². The van der Waals surface area contributed by atoms with Crippen LogP contribution in [-0.2, 0) is 13.6 Å². The first-order valence-corrected chi connectivity index (χ1v) is 6.24. The lowest BCUT2D eigenvalue weighted by atomic mass is 10.2. The maximum atomic E-state index is 11.0. The van der Waals surface area contributed by atoms with Crippen molar-refractivity contribution in [2.45, 2.75) is 6.54 Å². The number of rotatable bonds is 5. The predicted molar refractivity (Wildman–Crippen MR) is 78.3 cm³/mol. The van der Waals surface area contributed by atoms with E-state index in [2.05, 4.69) is 10.4 Å². The average Bonchev–Trinajstić information content (AvgIpc) is 2.78. The molecule has 0 aliphatic heterocycles. The number of benzene rings is 1. The van der Waals surface area contributed by atoms with Crippen LogP contribution in [0.2, 0.25) is 0 Å². The molecule has 6 heteroatoms. The number of aromatic carboxylic acids is 1. The molecule has 0 aliphatic rings. The highest BCUT2D eigenvalue weighted by Gasteiger charge is 2.14. The summed E-state index contributed by atoms with van der Waals surface area (Å²) in [6, 6.07) is 8.08. The molecule has 106 valence electrons. The highest BCUT2D eigenvalue weighted by Crippen LogP contribution is 2.16. The molecule has 2 N–H and O–H groups in total. The van der Waals surface area contributed by atoms with Gasteiger partial charge in [0, 0.05) is 39.6 Å². The van der Waals surface area contributed by atoms with Gasteiger partial charge < -0.3 is 15.3 Å². The molecular weight excluding hydrogens is 256 g/mol. The van der Waals surface area contributed by atoms with Gasteiger partial charge in [-0.15, -0.1) is 0 Å². The van der Waals surface area contributed by atoms with Gasteiger partial charge in [-0.05, 0) is 17.7 Å². The van der Waals surface area contributed by atoms with Gasteiger partial charge in [0.15, 0.2) is 5.69 Å². The average molecular weight is 274 g/mol. The summed E-state index contributed by atoms with van der Waals surface area (Å²) in [5.41, 5.74) is 2.77. The van der Waals surface area contributed by atoms with Crippen molar-refractivity contribution >= 4 is 17.3 Å². The van der Waals surface area contributed by atoms with Crippen LogP contribution in [0.4, 0.5) is 11.4 Å². The van der Waals surface area contributed by atoms with Crippen molar-refractivity contribution in [3.63, 3.8) is 0 Å². The van der Waals surface area contributed by atoms with Crippen LogP contribution in [0.1, 0.15) is 16.1 Å². The number of nitrogens with one attached hydrogen (secondary N) is 1. The summed E-state index contributed by atoms with van der Waals surface area (Å²) >= 11 is 0. The van der Waals surface area contributed by atoms with E-state index in [9.17, 15) is 4.79 Å². The molecule has 0 atom stereocenters. The van der Waals surface area contributed by atoms with E-state index in [1.807, 2.05) is 43.3 Å². The molecule has 0 saturated carbocycles. The standard InChI is InChI=1S/C14H18N4O2/c1-17(2)11-6-4-10(5-7-11)8-15-12-9-18(3)16-13(12)14(19)20/h4-7,9,15H,8H2,1-3H3,(H,19,20). The number of hydrogen-bond donors (Lipinski definition) is 2. The van der Waals surface area contributed by atoms with Gasteiger partial charge >= 0.3 is 5.97 Å². The fourth-order valence-electron chi connectivity index (χ4n) is 1.89. The fourth-order valence-corrected chi connectivity index (χ4v) is 1.89. The first kappa shape index (κ1) is 13.9. The maximum absolute atomic E-state index is 11.0. The number of carboxylic acids is 1. The summed E-state index contributed by atoms with van der Waals surface area (Å²) in [7, 11) is 5.67. The largest absolute Gasteiger partial charge is 0.476 e. The Morgan fingerprint density at radius 1 is 1.35 bits per heavy atom. The van der Waals surface area contributed by atoms with Gasteiger partial charge in [0.2, 0.25) is 0 Å². The van der Waals surface area contributed by atoms with Crippen molar-refractivity contribution in [1.29, 1.82) is 0 Å². The van der Waals surface area contributed by atoms with Gasteiger partial charge in [0.25, 0.3) is 0 Å². The zero-order valence-corrected chi connectivity index (χ0v) is 11.8. The van der Waals surface area contributed by atoms with E-state index in [1.54, 1.807) is 13.2 Å². The Morgan fingerprint density at radius 2 is 2.00 bits per heavy atom. The molecule has 1 aromatic carbocycles. The first-order chi connectivity index (χ1) is 9.47. The zero-order chi connectivity index (χ0) is 14.7. The molecule has 2 aromatic rings. The Kier molecular flexibility index (Phi) is 3.93. The molecule has 1 aromatic heterocycles. The molecule has 0 aliphatic carbocycles. The van der Waals surface area contributed by atoms with E-state index in [-0.39, 0.29) is 5.69 Å². The minimum absolute atomic E-state index is 0.0393. The summed E-state index contributed by atoms with van der Waals surface area (Å²) < 4.78 is 1.49. The Bertz CT molecular complexity index is 602. The molecular formula is C14H18N4O2. The molecule has 0 fully saturated rings. The molecule has 0 amide bonds. The first-order valence-electron chi connectivity index (χ1n) is 6.24. The lowest BCUT2D eigenvalue weighted by Gasteiger charge is -2.13. The SMILES string of the molecule is CN(C)c1ccc(CNc2cn(C)nc2C(=O)O)cc1. The molecule has 0 unspecified atom stereocenters. The topological polar surface area (TPSA) is 70.4 Å². The normalized spacial score (nSPS) is 10.3. The Hall–Kier alpha value is -2.50. The number of aryl methyl sites for hydroxylation is 1. The van der Waals surface area contributed by atoms with Gasteiger partial charge in [0.05, 0.1) is 5.69 Å². The van der Waals surface area contributed by atoms with Crippen LogP contribution in [0.5, 0.6) is 0 Å². The molecule has 20 heavy (non-hydrogen) atoms. The molecule has 0 radical (unpaired) electrons. The van der Waals surface area contributed by atoms with Gasteiger partial charge in [-0.2, -0.15) is 5.10 Å². The highest BCUT2D eigenvalue weighted by atomic mass is 16.4. The number of carboxylic acid groups (broad SMARTS) is 1. The van der Waals surface area contributed by atoms with Crippen LogP contribution in [0.25, 0.3) is 0 Å². The maximum Gasteiger partial charge on any atom is 0.358 e. The third-order valence-electron chi connectivity index (χ3n) is 2.97. The van der Waals surface area contributed by atoms with Crippen LogP contribution < -0.4 is 10.2 Å². The van der Waals surface area contributed by atoms with Crippen molar-refractivity contribution in [1.82, 2.24) is 9.78 Å². The Balaban J connectivity index is 2.07. The van der Waals surface area contributed by atoms with Crippen LogP contribution in [0.15, 0.2) is 30.5 Å². The van der Waals surface area contributed by atoms with E-state index in [1.165, 1.54) is 4.68 Å². The number of aromatic nitrogens is 2. The van der Waals surface area contributed by atoms with Crippen LogP contribution >= 0.6 is 0 Å². The van der Waals surface area contributed by atoms with E-state index in [0.717, 1.165) is 11.3 Å². The van der Waals surface area contributed by atoms with E-state index < -0.39 is 5.97 Å². The quantitative estimate of drug-likeness (QED) is 0.870. The third-order valence-corrected chi connectivity index (χ3v) is 2.97. The van der Waals surface area contributed by atoms with Crippen molar-refractivity contribution in [3.05, 3.63) is 41.7 Å². The van der Waals surface area contributed by atoms with E-state index >= 15 is 0 Å². The molecule has 0 saturated heterocycles. The summed E-state index contributed by atoms with van der Waals surface area (Å²) in [5, 5.41) is 16.1. The number of carbonyl (C=O) groups is 1.